The van der Waals surface area contributed by atoms with E-state index in [1.807, 2.05) is 17.0 Å². The van der Waals surface area contributed by atoms with Crippen LogP contribution in [0.1, 0.15) is 40.5 Å². The fourth-order valence-electron chi connectivity index (χ4n) is 4.02. The van der Waals surface area contributed by atoms with Gasteiger partial charge >= 0.3 is 0 Å². The van der Waals surface area contributed by atoms with Crippen LogP contribution in [0.4, 0.5) is 15.8 Å². The number of ketones is 1. The van der Waals surface area contributed by atoms with Gasteiger partial charge in [0.05, 0.1) is 5.69 Å². The van der Waals surface area contributed by atoms with Gasteiger partial charge in [0, 0.05) is 56.0 Å². The summed E-state index contributed by atoms with van der Waals surface area (Å²) in [5, 5.41) is 0. The fraction of sp³-hybridized carbons (Fsp3) is 0.348. The first-order valence-electron chi connectivity index (χ1n) is 10.2. The van der Waals surface area contributed by atoms with Crippen molar-refractivity contribution in [2.75, 3.05) is 42.5 Å². The van der Waals surface area contributed by atoms with Crippen LogP contribution in [0.25, 0.3) is 0 Å². The van der Waals surface area contributed by atoms with Gasteiger partial charge in [-0.05, 0) is 55.8 Å². The first-order valence-corrected chi connectivity index (χ1v) is 10.2. The molecule has 6 nitrogen and oxygen atoms in total. The summed E-state index contributed by atoms with van der Waals surface area (Å²) in [5.41, 5.74) is 2.20. The number of hydrogen-bond donors (Lipinski definition) is 0. The third-order valence-electron chi connectivity index (χ3n) is 5.76. The van der Waals surface area contributed by atoms with Crippen LogP contribution in [0.2, 0.25) is 0 Å². The van der Waals surface area contributed by atoms with Crippen LogP contribution < -0.4 is 9.80 Å². The van der Waals surface area contributed by atoms with Gasteiger partial charge in [0.1, 0.15) is 5.82 Å². The summed E-state index contributed by atoms with van der Waals surface area (Å²) in [6.45, 7) is 4.13. The Morgan fingerprint density at radius 3 is 2.13 bits per heavy atom. The van der Waals surface area contributed by atoms with Crippen LogP contribution in [0.15, 0.2) is 42.5 Å². The van der Waals surface area contributed by atoms with Crippen LogP contribution in [0, 0.1) is 5.82 Å². The van der Waals surface area contributed by atoms with E-state index in [4.69, 9.17) is 0 Å². The zero-order chi connectivity index (χ0) is 21.3. The van der Waals surface area contributed by atoms with Gasteiger partial charge in [0.15, 0.2) is 5.78 Å². The lowest BCUT2D eigenvalue weighted by Crippen LogP contribution is -2.49. The lowest BCUT2D eigenvalue weighted by Gasteiger charge is -2.36. The van der Waals surface area contributed by atoms with E-state index in [1.165, 1.54) is 13.0 Å². The van der Waals surface area contributed by atoms with Gasteiger partial charge in [-0.2, -0.15) is 0 Å². The Labute approximate surface area is 174 Å². The lowest BCUT2D eigenvalue weighted by atomic mass is 10.1. The Hall–Kier alpha value is -3.22. The van der Waals surface area contributed by atoms with E-state index in [0.29, 0.717) is 49.4 Å². The van der Waals surface area contributed by atoms with Crippen molar-refractivity contribution in [3.05, 3.63) is 59.4 Å². The van der Waals surface area contributed by atoms with E-state index in [9.17, 15) is 18.8 Å². The smallest absolute Gasteiger partial charge is 0.253 e. The lowest BCUT2D eigenvalue weighted by molar-refractivity contribution is -0.117. The Balaban J connectivity index is 1.38. The molecule has 0 aromatic heterocycles. The van der Waals surface area contributed by atoms with Crippen LogP contribution in [0.5, 0.6) is 0 Å². The molecule has 0 N–H and O–H groups in total. The Morgan fingerprint density at radius 1 is 0.900 bits per heavy atom. The highest BCUT2D eigenvalue weighted by Gasteiger charge is 2.25. The molecule has 0 bridgehead atoms. The predicted octanol–water partition coefficient (Wildman–Crippen LogP) is 3.12. The van der Waals surface area contributed by atoms with Gasteiger partial charge < -0.3 is 14.7 Å². The molecule has 7 heteroatoms. The molecular weight excluding hydrogens is 385 g/mol. The number of benzene rings is 2. The average Bonchev–Trinajstić information content (AvgIpc) is 3.19. The van der Waals surface area contributed by atoms with Crippen molar-refractivity contribution in [1.82, 2.24) is 4.90 Å². The molecule has 4 rings (SSSR count). The average molecular weight is 409 g/mol. The van der Waals surface area contributed by atoms with Crippen LogP contribution in [0.3, 0.4) is 0 Å². The summed E-state index contributed by atoms with van der Waals surface area (Å²) in [6.07, 6.45) is 1.44. The molecule has 2 amide bonds. The maximum atomic E-state index is 14.4. The normalized spacial score (nSPS) is 16.9. The van der Waals surface area contributed by atoms with E-state index in [-0.39, 0.29) is 17.6 Å². The summed E-state index contributed by atoms with van der Waals surface area (Å²) >= 11 is 0. The molecule has 2 aromatic rings. The third-order valence-corrected chi connectivity index (χ3v) is 5.76. The highest BCUT2D eigenvalue weighted by Crippen LogP contribution is 2.24. The topological polar surface area (TPSA) is 60.9 Å². The maximum absolute atomic E-state index is 14.4. The van der Waals surface area contributed by atoms with Crippen LogP contribution >= 0.6 is 0 Å². The molecular formula is C23H24FN3O3. The molecule has 0 aliphatic carbocycles. The summed E-state index contributed by atoms with van der Waals surface area (Å²) in [4.78, 5) is 41.5. The van der Waals surface area contributed by atoms with Crippen molar-refractivity contribution in [2.24, 2.45) is 0 Å². The standard InChI is InChI=1S/C23H24FN3O3/c1-16(28)18-6-9-21(20(24)15-18)25-11-13-26(14-12-25)23(30)17-4-7-19(8-5-17)27-10-2-3-22(27)29/h4-9,15H,2-3,10-14H2,1H3. The zero-order valence-electron chi connectivity index (χ0n) is 16.9. The van der Waals surface area contributed by atoms with Crippen molar-refractivity contribution in [3.63, 3.8) is 0 Å². The SMILES string of the molecule is CC(=O)c1ccc(N2CCN(C(=O)c3ccc(N4CCCC4=O)cc3)CC2)c(F)c1. The van der Waals surface area contributed by atoms with Crippen molar-refractivity contribution in [3.8, 4) is 0 Å². The zero-order valence-corrected chi connectivity index (χ0v) is 16.9. The predicted molar refractivity (Wildman–Crippen MR) is 113 cm³/mol. The Bertz CT molecular complexity index is 982. The number of piperazine rings is 1. The third kappa shape index (κ3) is 3.92. The molecule has 0 saturated carbocycles. The molecule has 2 aliphatic rings. The summed E-state index contributed by atoms with van der Waals surface area (Å²) < 4.78 is 14.4. The first-order chi connectivity index (χ1) is 14.4. The minimum atomic E-state index is -0.422. The van der Waals surface area contributed by atoms with E-state index in [0.717, 1.165) is 18.7 Å². The van der Waals surface area contributed by atoms with Gasteiger partial charge in [-0.1, -0.05) is 0 Å². The second kappa shape index (κ2) is 8.26. The van der Waals surface area contributed by atoms with Crippen LogP contribution in [-0.4, -0.2) is 55.2 Å². The van der Waals surface area contributed by atoms with E-state index in [2.05, 4.69) is 0 Å². The number of halogens is 1. The number of rotatable bonds is 4. The summed E-state index contributed by atoms with van der Waals surface area (Å²) in [6, 6.07) is 11.7. The van der Waals surface area contributed by atoms with E-state index in [1.54, 1.807) is 34.1 Å². The van der Waals surface area contributed by atoms with Gasteiger partial charge in [0.2, 0.25) is 5.91 Å². The molecule has 0 radical (unpaired) electrons. The molecule has 2 aliphatic heterocycles. The number of carbonyl (C=O) groups excluding carboxylic acids is 3. The first kappa shape index (κ1) is 20.1. The number of nitrogens with zero attached hydrogens (tertiary/aromatic N) is 3. The highest BCUT2D eigenvalue weighted by molar-refractivity contribution is 5.97. The molecule has 2 fully saturated rings. The quantitative estimate of drug-likeness (QED) is 0.728. The summed E-state index contributed by atoms with van der Waals surface area (Å²) in [5.74, 6) is -0.541. The molecule has 2 heterocycles. The molecule has 2 aromatic carbocycles. The number of Topliss-reactive ketones (excluding diaryl/α,β-unsaturated/α-hetero) is 1. The van der Waals surface area contributed by atoms with Crippen molar-refractivity contribution in [2.45, 2.75) is 19.8 Å². The number of amides is 2. The fourth-order valence-corrected chi connectivity index (χ4v) is 4.02. The molecule has 0 atom stereocenters. The molecule has 30 heavy (non-hydrogen) atoms. The highest BCUT2D eigenvalue weighted by atomic mass is 19.1. The van der Waals surface area contributed by atoms with Crippen LogP contribution in [-0.2, 0) is 4.79 Å². The maximum Gasteiger partial charge on any atom is 0.253 e. The minimum absolute atomic E-state index is 0.0682. The van der Waals surface area contributed by atoms with Gasteiger partial charge in [-0.15, -0.1) is 0 Å². The second-order valence-corrected chi connectivity index (χ2v) is 7.70. The van der Waals surface area contributed by atoms with Gasteiger partial charge in [-0.25, -0.2) is 4.39 Å². The molecule has 0 unspecified atom stereocenters. The largest absolute Gasteiger partial charge is 0.366 e. The van der Waals surface area contributed by atoms with Gasteiger partial charge in [0.25, 0.3) is 5.91 Å². The molecule has 0 spiro atoms. The number of hydrogen-bond acceptors (Lipinski definition) is 4. The molecule has 156 valence electrons. The van der Waals surface area contributed by atoms with Crippen molar-refractivity contribution in [1.29, 1.82) is 0 Å². The van der Waals surface area contributed by atoms with E-state index < -0.39 is 5.82 Å². The summed E-state index contributed by atoms with van der Waals surface area (Å²) in [7, 11) is 0. The Kier molecular flexibility index (Phi) is 5.53. The van der Waals surface area contributed by atoms with Crippen molar-refractivity contribution < 1.29 is 18.8 Å². The molecule has 2 saturated heterocycles. The monoisotopic (exact) mass is 409 g/mol. The Morgan fingerprint density at radius 2 is 1.57 bits per heavy atom. The number of anilines is 2. The number of carbonyl (C=O) groups is 3. The van der Waals surface area contributed by atoms with E-state index >= 15 is 0 Å². The second-order valence-electron chi connectivity index (χ2n) is 7.70. The van der Waals surface area contributed by atoms with Gasteiger partial charge in [-0.3, -0.25) is 14.4 Å². The van der Waals surface area contributed by atoms with Crippen molar-refractivity contribution >= 4 is 29.0 Å². The minimum Gasteiger partial charge on any atom is -0.366 e.